The van der Waals surface area contributed by atoms with E-state index < -0.39 is 0 Å². The van der Waals surface area contributed by atoms with Crippen molar-refractivity contribution in [2.24, 2.45) is 0 Å². The Labute approximate surface area is 102 Å². The van der Waals surface area contributed by atoms with Crippen molar-refractivity contribution in [2.45, 2.75) is 6.54 Å². The first kappa shape index (κ1) is 11.8. The van der Waals surface area contributed by atoms with Crippen LogP contribution in [0.15, 0.2) is 29.9 Å². The van der Waals surface area contributed by atoms with Gasteiger partial charge in [-0.3, -0.25) is 4.98 Å². The maximum Gasteiger partial charge on any atom is 0.265 e. The molecule has 15 heavy (non-hydrogen) atoms. The van der Waals surface area contributed by atoms with Gasteiger partial charge in [0.05, 0.1) is 5.69 Å². The Morgan fingerprint density at radius 1 is 1.47 bits per heavy atom. The molecule has 0 radical (unpaired) electrons. The minimum Gasteiger partial charge on any atom is -0.309 e. The van der Waals surface area contributed by atoms with E-state index in [-0.39, 0.29) is 17.0 Å². The van der Waals surface area contributed by atoms with Crippen LogP contribution in [0.3, 0.4) is 0 Å². The fourth-order valence-electron chi connectivity index (χ4n) is 1.10. The van der Waals surface area contributed by atoms with Crippen LogP contribution in [0, 0.1) is 6.57 Å². The molecule has 3 nitrogen and oxygen atoms in total. The second-order valence-electron chi connectivity index (χ2n) is 2.68. The van der Waals surface area contributed by atoms with E-state index in [0.717, 1.165) is 16.3 Å². The Hall–Kier alpha value is -1.25. The standard InChI is InChI=1S/C10H7N3S.BrH/c1-11-6-10-13-9(7-14-10)8-3-2-4-12-5-8;/h2-5,7H,6H2;1H. The van der Waals surface area contributed by atoms with E-state index >= 15 is 0 Å². The van der Waals surface area contributed by atoms with Gasteiger partial charge < -0.3 is 4.85 Å². The third-order valence-corrected chi connectivity index (χ3v) is 2.56. The van der Waals surface area contributed by atoms with Crippen LogP contribution in [-0.4, -0.2) is 9.97 Å². The predicted molar refractivity (Wildman–Crippen MR) is 66.0 cm³/mol. The van der Waals surface area contributed by atoms with E-state index in [2.05, 4.69) is 14.8 Å². The Morgan fingerprint density at radius 3 is 3.00 bits per heavy atom. The molecule has 0 saturated carbocycles. The highest BCUT2D eigenvalue weighted by atomic mass is 79.9. The summed E-state index contributed by atoms with van der Waals surface area (Å²) in [4.78, 5) is 11.7. The molecular weight excluding hydrogens is 274 g/mol. The monoisotopic (exact) mass is 281 g/mol. The van der Waals surface area contributed by atoms with Crippen molar-refractivity contribution in [3.8, 4) is 11.3 Å². The molecule has 2 aromatic heterocycles. The number of thiazole rings is 1. The Kier molecular flexibility index (Phi) is 4.40. The van der Waals surface area contributed by atoms with Crippen molar-refractivity contribution in [2.75, 3.05) is 0 Å². The number of nitrogens with zero attached hydrogens (tertiary/aromatic N) is 3. The van der Waals surface area contributed by atoms with Crippen LogP contribution in [0.1, 0.15) is 5.01 Å². The number of hydrogen-bond acceptors (Lipinski definition) is 3. The van der Waals surface area contributed by atoms with Gasteiger partial charge in [-0.05, 0) is 12.1 Å². The van der Waals surface area contributed by atoms with Gasteiger partial charge in [0.15, 0.2) is 5.01 Å². The molecule has 0 aliphatic heterocycles. The lowest BCUT2D eigenvalue weighted by Crippen LogP contribution is -1.80. The molecule has 0 bridgehead atoms. The van der Waals surface area contributed by atoms with E-state index in [9.17, 15) is 0 Å². The molecule has 76 valence electrons. The van der Waals surface area contributed by atoms with Gasteiger partial charge in [0.25, 0.3) is 6.54 Å². The predicted octanol–water partition coefficient (Wildman–Crippen LogP) is 3.20. The molecule has 0 spiro atoms. The van der Waals surface area contributed by atoms with Gasteiger partial charge in [-0.15, -0.1) is 28.3 Å². The minimum absolute atomic E-state index is 0. The molecule has 0 unspecified atom stereocenters. The first-order chi connectivity index (χ1) is 6.90. The van der Waals surface area contributed by atoms with Crippen molar-refractivity contribution < 1.29 is 0 Å². The summed E-state index contributed by atoms with van der Waals surface area (Å²) in [5.74, 6) is 0. The molecule has 0 aliphatic rings. The van der Waals surface area contributed by atoms with Crippen molar-refractivity contribution in [1.82, 2.24) is 9.97 Å². The molecule has 2 aromatic rings. The molecule has 0 atom stereocenters. The Morgan fingerprint density at radius 2 is 2.33 bits per heavy atom. The minimum atomic E-state index is 0. The summed E-state index contributed by atoms with van der Waals surface area (Å²) >= 11 is 1.52. The largest absolute Gasteiger partial charge is 0.309 e. The quantitative estimate of drug-likeness (QED) is 0.792. The molecule has 0 saturated heterocycles. The van der Waals surface area contributed by atoms with E-state index in [0.29, 0.717) is 6.54 Å². The van der Waals surface area contributed by atoms with Crippen LogP contribution >= 0.6 is 28.3 Å². The van der Waals surface area contributed by atoms with Crippen molar-refractivity contribution in [3.05, 3.63) is 46.3 Å². The lowest BCUT2D eigenvalue weighted by molar-refractivity contribution is 1.18. The first-order valence-electron chi connectivity index (χ1n) is 4.08. The van der Waals surface area contributed by atoms with Crippen LogP contribution < -0.4 is 0 Å². The zero-order chi connectivity index (χ0) is 9.80. The lowest BCUT2D eigenvalue weighted by atomic mass is 10.2. The van der Waals surface area contributed by atoms with Gasteiger partial charge in [-0.25, -0.2) is 11.6 Å². The van der Waals surface area contributed by atoms with Crippen LogP contribution in [0.25, 0.3) is 16.1 Å². The van der Waals surface area contributed by atoms with Gasteiger partial charge in [-0.1, -0.05) is 0 Å². The van der Waals surface area contributed by atoms with E-state index in [1.165, 1.54) is 11.3 Å². The fourth-order valence-corrected chi connectivity index (χ4v) is 1.82. The van der Waals surface area contributed by atoms with Gasteiger partial charge in [0, 0.05) is 23.3 Å². The Balaban J connectivity index is 0.00000112. The summed E-state index contributed by atoms with van der Waals surface area (Å²) < 4.78 is 0. The fraction of sp³-hybridized carbons (Fsp3) is 0.100. The molecule has 5 heteroatoms. The van der Waals surface area contributed by atoms with Crippen LogP contribution in [0.4, 0.5) is 0 Å². The van der Waals surface area contributed by atoms with E-state index in [1.54, 1.807) is 12.4 Å². The van der Waals surface area contributed by atoms with Crippen molar-refractivity contribution in [3.63, 3.8) is 0 Å². The van der Waals surface area contributed by atoms with Gasteiger partial charge in [0.1, 0.15) is 0 Å². The summed E-state index contributed by atoms with van der Waals surface area (Å²) in [5.41, 5.74) is 1.90. The molecule has 0 aliphatic carbocycles. The Bertz CT molecular complexity index is 461. The van der Waals surface area contributed by atoms with E-state index in [4.69, 9.17) is 6.57 Å². The van der Waals surface area contributed by atoms with Crippen molar-refractivity contribution in [1.29, 1.82) is 0 Å². The van der Waals surface area contributed by atoms with Crippen molar-refractivity contribution >= 4 is 28.3 Å². The average Bonchev–Trinajstić information content (AvgIpc) is 2.68. The second-order valence-corrected chi connectivity index (χ2v) is 3.63. The van der Waals surface area contributed by atoms with Gasteiger partial charge >= 0.3 is 0 Å². The first-order valence-corrected chi connectivity index (χ1v) is 4.96. The van der Waals surface area contributed by atoms with Gasteiger partial charge in [-0.2, -0.15) is 0 Å². The number of pyridine rings is 1. The molecule has 0 amide bonds. The van der Waals surface area contributed by atoms with Gasteiger partial charge in [0.2, 0.25) is 0 Å². The molecule has 2 rings (SSSR count). The number of rotatable bonds is 2. The number of halogens is 1. The summed E-state index contributed by atoms with van der Waals surface area (Å²) in [7, 11) is 0. The lowest BCUT2D eigenvalue weighted by Gasteiger charge is -1.92. The second kappa shape index (κ2) is 5.59. The van der Waals surface area contributed by atoms with Crippen LogP contribution in [0.2, 0.25) is 0 Å². The summed E-state index contributed by atoms with van der Waals surface area (Å²) in [5, 5.41) is 2.82. The summed E-state index contributed by atoms with van der Waals surface area (Å²) in [6, 6.07) is 3.84. The smallest absolute Gasteiger partial charge is 0.265 e. The highest BCUT2D eigenvalue weighted by molar-refractivity contribution is 8.93. The average molecular weight is 282 g/mol. The zero-order valence-corrected chi connectivity index (χ0v) is 10.3. The van der Waals surface area contributed by atoms with Crippen LogP contribution in [-0.2, 0) is 6.54 Å². The maximum atomic E-state index is 6.73. The molecule has 0 fully saturated rings. The topological polar surface area (TPSA) is 30.1 Å². The zero-order valence-electron chi connectivity index (χ0n) is 7.75. The maximum absolute atomic E-state index is 6.73. The summed E-state index contributed by atoms with van der Waals surface area (Å²) in [6.07, 6.45) is 3.51. The normalized spacial score (nSPS) is 9.00. The highest BCUT2D eigenvalue weighted by Gasteiger charge is 2.05. The molecule has 0 N–H and O–H groups in total. The highest BCUT2D eigenvalue weighted by Crippen LogP contribution is 2.20. The third kappa shape index (κ3) is 2.85. The third-order valence-electron chi connectivity index (χ3n) is 1.72. The van der Waals surface area contributed by atoms with Crippen LogP contribution in [0.5, 0.6) is 0 Å². The molecule has 2 heterocycles. The SMILES string of the molecule is Br.[C-]#[N+]Cc1nc(-c2cccnc2)cs1. The van der Waals surface area contributed by atoms with E-state index in [1.807, 2.05) is 17.5 Å². The number of hydrogen-bond donors (Lipinski definition) is 0. The summed E-state index contributed by atoms with van der Waals surface area (Å²) in [6.45, 7) is 7.10. The number of aromatic nitrogens is 2. The molecular formula is C10H8BrN3S. The molecule has 0 aromatic carbocycles.